The molecule has 0 aliphatic carbocycles. The van der Waals surface area contributed by atoms with E-state index in [1.807, 2.05) is 4.90 Å². The number of nitrogens with zero attached hydrogens (tertiary/aromatic N) is 2. The smallest absolute Gasteiger partial charge is 0.174 e. The molecule has 2 rings (SSSR count). The lowest BCUT2D eigenvalue weighted by Crippen LogP contribution is -2.20. The average molecular weight is 265 g/mol. The van der Waals surface area contributed by atoms with E-state index in [0.717, 1.165) is 0 Å². The first-order chi connectivity index (χ1) is 8.58. The van der Waals surface area contributed by atoms with Gasteiger partial charge in [0.1, 0.15) is 16.6 Å². The van der Waals surface area contributed by atoms with Crippen LogP contribution in [0.5, 0.6) is 0 Å². The van der Waals surface area contributed by atoms with Gasteiger partial charge in [0.15, 0.2) is 5.78 Å². The normalized spacial score (nSPS) is 18.9. The van der Waals surface area contributed by atoms with Crippen LogP contribution in [0.4, 0.5) is 10.7 Å². The van der Waals surface area contributed by atoms with Crippen LogP contribution in [0.1, 0.15) is 35.0 Å². The lowest BCUT2D eigenvalue weighted by atomic mass is 10.2. The molecule has 1 aromatic heterocycles. The van der Waals surface area contributed by atoms with Crippen molar-refractivity contribution >= 4 is 27.8 Å². The Hall–Kier alpha value is -1.58. The van der Waals surface area contributed by atoms with E-state index in [1.54, 1.807) is 6.92 Å². The van der Waals surface area contributed by atoms with Gasteiger partial charge in [-0.25, -0.2) is 0 Å². The van der Waals surface area contributed by atoms with Gasteiger partial charge in [-0.15, -0.1) is 11.3 Å². The molecule has 1 aliphatic heterocycles. The fraction of sp³-hybridized carbons (Fsp3) is 0.500. The van der Waals surface area contributed by atoms with Crippen LogP contribution in [-0.2, 0) is 0 Å². The fourth-order valence-corrected chi connectivity index (χ4v) is 3.27. The number of hydrogen-bond acceptors (Lipinski definition) is 6. The highest BCUT2D eigenvalue weighted by Crippen LogP contribution is 2.39. The van der Waals surface area contributed by atoms with Gasteiger partial charge in [-0.1, -0.05) is 6.92 Å². The van der Waals surface area contributed by atoms with Crippen LogP contribution in [-0.4, -0.2) is 30.1 Å². The molecule has 1 aromatic rings. The van der Waals surface area contributed by atoms with Gasteiger partial charge in [0.25, 0.3) is 0 Å². The molecule has 18 heavy (non-hydrogen) atoms. The molecule has 1 saturated heterocycles. The Morgan fingerprint density at radius 1 is 1.72 bits per heavy atom. The molecule has 1 atom stereocenters. The predicted octanol–water partition coefficient (Wildman–Crippen LogP) is 1.37. The Morgan fingerprint density at radius 3 is 2.94 bits per heavy atom. The molecular formula is C12H15N3O2S. The first-order valence-electron chi connectivity index (χ1n) is 5.87. The minimum atomic E-state index is -0.370. The fourth-order valence-electron chi connectivity index (χ4n) is 2.06. The summed E-state index contributed by atoms with van der Waals surface area (Å²) in [5, 5.41) is 19.4. The van der Waals surface area contributed by atoms with Crippen molar-refractivity contribution in [2.75, 3.05) is 23.7 Å². The molecule has 1 fully saturated rings. The number of hydrogen-bond donors (Lipinski definition) is 2. The number of carbonyl (C=O) groups is 1. The summed E-state index contributed by atoms with van der Waals surface area (Å²) in [6, 6.07) is 2.06. The summed E-state index contributed by atoms with van der Waals surface area (Å²) >= 11 is 1.26. The van der Waals surface area contributed by atoms with Crippen LogP contribution < -0.4 is 10.6 Å². The summed E-state index contributed by atoms with van der Waals surface area (Å²) in [7, 11) is 0. The second kappa shape index (κ2) is 4.96. The second-order valence-electron chi connectivity index (χ2n) is 4.30. The monoisotopic (exact) mass is 265 g/mol. The number of aliphatic hydroxyl groups excluding tert-OH is 1. The summed E-state index contributed by atoms with van der Waals surface area (Å²) in [5.41, 5.74) is 6.52. The highest BCUT2D eigenvalue weighted by molar-refractivity contribution is 7.19. The van der Waals surface area contributed by atoms with Crippen molar-refractivity contribution in [1.29, 1.82) is 5.26 Å². The number of aliphatic hydroxyl groups is 1. The largest absolute Gasteiger partial charge is 0.396 e. The summed E-state index contributed by atoms with van der Waals surface area (Å²) < 4.78 is 0. The van der Waals surface area contributed by atoms with E-state index in [2.05, 4.69) is 6.07 Å². The van der Waals surface area contributed by atoms with E-state index in [-0.39, 0.29) is 17.6 Å². The molecule has 0 bridgehead atoms. The molecule has 0 saturated carbocycles. The van der Waals surface area contributed by atoms with Gasteiger partial charge in [-0.2, -0.15) is 5.26 Å². The van der Waals surface area contributed by atoms with Crippen molar-refractivity contribution in [2.24, 2.45) is 0 Å². The van der Waals surface area contributed by atoms with Gasteiger partial charge >= 0.3 is 0 Å². The maximum Gasteiger partial charge on any atom is 0.174 e. The minimum absolute atomic E-state index is 0.0417. The number of β-amino-alcohol motifs (C(OH)–C–C–N with tert-alkyl or cyclic N) is 1. The van der Waals surface area contributed by atoms with E-state index in [0.29, 0.717) is 41.4 Å². The van der Waals surface area contributed by atoms with Crippen molar-refractivity contribution in [2.45, 2.75) is 25.9 Å². The molecule has 6 heteroatoms. The first kappa shape index (κ1) is 12.9. The van der Waals surface area contributed by atoms with Gasteiger partial charge < -0.3 is 15.7 Å². The molecule has 2 heterocycles. The predicted molar refractivity (Wildman–Crippen MR) is 70.9 cm³/mol. The number of thiophene rings is 1. The SMILES string of the molecule is CCC(=O)c1sc(N2CCC(O)C2)c(C#N)c1N. The van der Waals surface area contributed by atoms with Gasteiger partial charge in [-0.3, -0.25) is 4.79 Å². The molecule has 1 aliphatic rings. The van der Waals surface area contributed by atoms with Crippen LogP contribution in [0.2, 0.25) is 0 Å². The Labute approximate surface area is 109 Å². The van der Waals surface area contributed by atoms with Gasteiger partial charge in [0, 0.05) is 19.5 Å². The maximum atomic E-state index is 11.7. The Morgan fingerprint density at radius 2 is 2.44 bits per heavy atom. The van der Waals surface area contributed by atoms with Crippen molar-refractivity contribution in [3.05, 3.63) is 10.4 Å². The maximum absolute atomic E-state index is 11.7. The second-order valence-corrected chi connectivity index (χ2v) is 5.30. The average Bonchev–Trinajstić information content (AvgIpc) is 2.92. The van der Waals surface area contributed by atoms with E-state index >= 15 is 0 Å². The highest BCUT2D eigenvalue weighted by Gasteiger charge is 2.28. The highest BCUT2D eigenvalue weighted by atomic mass is 32.1. The first-order valence-corrected chi connectivity index (χ1v) is 6.68. The third-order valence-corrected chi connectivity index (χ3v) is 4.37. The van der Waals surface area contributed by atoms with Gasteiger partial charge in [0.2, 0.25) is 0 Å². The Bertz CT molecular complexity index is 518. The number of Topliss-reactive ketones (excluding diaryl/α,β-unsaturated/α-hetero) is 1. The van der Waals surface area contributed by atoms with Crippen LogP contribution in [0.25, 0.3) is 0 Å². The van der Waals surface area contributed by atoms with Crippen LogP contribution in [0, 0.1) is 11.3 Å². The van der Waals surface area contributed by atoms with Crippen LogP contribution in [0.3, 0.4) is 0 Å². The standard InChI is InChI=1S/C12H15N3O2S/c1-2-9(17)11-10(14)8(5-13)12(18-11)15-4-3-7(16)6-15/h7,16H,2-4,6,14H2,1H3. The quantitative estimate of drug-likeness (QED) is 0.805. The molecule has 0 radical (unpaired) electrons. The Kier molecular flexibility index (Phi) is 3.55. The summed E-state index contributed by atoms with van der Waals surface area (Å²) in [4.78, 5) is 14.1. The number of nitriles is 1. The number of anilines is 2. The van der Waals surface area contributed by atoms with Crippen LogP contribution in [0.15, 0.2) is 0 Å². The Balaban J connectivity index is 2.42. The molecular weight excluding hydrogens is 250 g/mol. The van der Waals surface area contributed by atoms with Crippen molar-refractivity contribution < 1.29 is 9.90 Å². The third-order valence-electron chi connectivity index (χ3n) is 3.06. The summed E-state index contributed by atoms with van der Waals surface area (Å²) in [5.74, 6) is -0.0417. The zero-order valence-electron chi connectivity index (χ0n) is 10.1. The number of carbonyl (C=O) groups excluding carboxylic acids is 1. The van der Waals surface area contributed by atoms with Crippen LogP contribution >= 0.6 is 11.3 Å². The zero-order chi connectivity index (χ0) is 13.3. The lowest BCUT2D eigenvalue weighted by Gasteiger charge is -2.15. The summed E-state index contributed by atoms with van der Waals surface area (Å²) in [6.45, 7) is 2.96. The lowest BCUT2D eigenvalue weighted by molar-refractivity contribution is 0.0993. The molecule has 96 valence electrons. The third kappa shape index (κ3) is 2.07. The van der Waals surface area contributed by atoms with Crippen molar-refractivity contribution in [3.8, 4) is 6.07 Å². The summed E-state index contributed by atoms with van der Waals surface area (Å²) in [6.07, 6.45) is 0.683. The van der Waals surface area contributed by atoms with E-state index < -0.39 is 0 Å². The molecule has 5 nitrogen and oxygen atoms in total. The number of nitrogens with two attached hydrogens (primary N) is 1. The number of nitrogen functional groups attached to an aromatic ring is 1. The van der Waals surface area contributed by atoms with E-state index in [9.17, 15) is 9.90 Å². The van der Waals surface area contributed by atoms with Crippen molar-refractivity contribution in [1.82, 2.24) is 0 Å². The van der Waals surface area contributed by atoms with Crippen molar-refractivity contribution in [3.63, 3.8) is 0 Å². The van der Waals surface area contributed by atoms with E-state index in [4.69, 9.17) is 11.0 Å². The molecule has 1 unspecified atom stereocenters. The molecule has 3 N–H and O–H groups in total. The number of rotatable bonds is 3. The molecule has 0 aromatic carbocycles. The topological polar surface area (TPSA) is 90.4 Å². The van der Waals surface area contributed by atoms with Gasteiger partial charge in [-0.05, 0) is 6.42 Å². The molecule has 0 spiro atoms. The van der Waals surface area contributed by atoms with E-state index in [1.165, 1.54) is 11.3 Å². The number of ketones is 1. The minimum Gasteiger partial charge on any atom is -0.396 e. The zero-order valence-corrected chi connectivity index (χ0v) is 11.0. The van der Waals surface area contributed by atoms with Gasteiger partial charge in [0.05, 0.1) is 16.7 Å². The molecule has 0 amide bonds.